The first kappa shape index (κ1) is 11.7. The summed E-state index contributed by atoms with van der Waals surface area (Å²) >= 11 is 3.35. The molecule has 0 heterocycles. The van der Waals surface area contributed by atoms with Gasteiger partial charge in [-0.25, -0.2) is 4.79 Å². The van der Waals surface area contributed by atoms with Gasteiger partial charge in [0, 0.05) is 24.1 Å². The molecule has 0 radical (unpaired) electrons. The Morgan fingerprint density at radius 1 is 1.47 bits per heavy atom. The lowest BCUT2D eigenvalue weighted by atomic mass is 10.2. The number of amides is 1. The van der Waals surface area contributed by atoms with Crippen LogP contribution in [0.3, 0.4) is 0 Å². The van der Waals surface area contributed by atoms with E-state index in [4.69, 9.17) is 0 Å². The fourth-order valence-electron chi connectivity index (χ4n) is 0.790. The molecule has 0 atom stereocenters. The Morgan fingerprint density at radius 3 is 2.73 bits per heavy atom. The standard InChI is InChI=1S/C10H11BrN2O2/c1-13(2)10(14)15-12-7-8-5-3-4-6-9(8)11/h3-7H,1-2H3/b12-7+. The van der Waals surface area contributed by atoms with Crippen LogP contribution in [0, 0.1) is 0 Å². The van der Waals surface area contributed by atoms with E-state index in [2.05, 4.69) is 25.9 Å². The normalized spacial score (nSPS) is 10.3. The van der Waals surface area contributed by atoms with Gasteiger partial charge in [0.05, 0.1) is 6.21 Å². The summed E-state index contributed by atoms with van der Waals surface area (Å²) < 4.78 is 0.898. The van der Waals surface area contributed by atoms with Gasteiger partial charge >= 0.3 is 6.09 Å². The van der Waals surface area contributed by atoms with Gasteiger partial charge in [0.25, 0.3) is 0 Å². The number of halogens is 1. The summed E-state index contributed by atoms with van der Waals surface area (Å²) in [6.45, 7) is 0. The summed E-state index contributed by atoms with van der Waals surface area (Å²) in [4.78, 5) is 16.9. The molecule has 0 bridgehead atoms. The molecule has 0 unspecified atom stereocenters. The Labute approximate surface area is 96.6 Å². The summed E-state index contributed by atoms with van der Waals surface area (Å²) in [7, 11) is 3.19. The zero-order chi connectivity index (χ0) is 11.3. The summed E-state index contributed by atoms with van der Waals surface area (Å²) in [6, 6.07) is 7.51. The van der Waals surface area contributed by atoms with Crippen LogP contribution in [-0.4, -0.2) is 31.3 Å². The van der Waals surface area contributed by atoms with E-state index >= 15 is 0 Å². The van der Waals surface area contributed by atoms with Gasteiger partial charge < -0.3 is 4.90 Å². The van der Waals surface area contributed by atoms with Gasteiger partial charge in [0.2, 0.25) is 0 Å². The first-order valence-corrected chi connectivity index (χ1v) is 5.07. The summed E-state index contributed by atoms with van der Waals surface area (Å²) in [5.41, 5.74) is 0.851. The minimum atomic E-state index is -0.502. The first-order chi connectivity index (χ1) is 7.11. The third-order valence-corrected chi connectivity index (χ3v) is 2.32. The molecule has 1 aromatic carbocycles. The topological polar surface area (TPSA) is 41.9 Å². The maximum Gasteiger partial charge on any atom is 0.435 e. The average molecular weight is 271 g/mol. The lowest BCUT2D eigenvalue weighted by Gasteiger charge is -2.05. The second-order valence-electron chi connectivity index (χ2n) is 3.01. The fraction of sp³-hybridized carbons (Fsp3) is 0.200. The molecular formula is C10H11BrN2O2. The van der Waals surface area contributed by atoms with E-state index in [1.54, 1.807) is 14.1 Å². The lowest BCUT2D eigenvalue weighted by Crippen LogP contribution is -2.20. The molecule has 80 valence electrons. The van der Waals surface area contributed by atoms with E-state index in [1.165, 1.54) is 11.1 Å². The van der Waals surface area contributed by atoms with Crippen LogP contribution in [0.2, 0.25) is 0 Å². The van der Waals surface area contributed by atoms with Crippen molar-refractivity contribution in [3.8, 4) is 0 Å². The van der Waals surface area contributed by atoms with Crippen molar-refractivity contribution in [3.05, 3.63) is 34.3 Å². The minimum Gasteiger partial charge on any atom is -0.312 e. The molecule has 0 aliphatic rings. The predicted molar refractivity (Wildman–Crippen MR) is 61.9 cm³/mol. The number of hydrogen-bond acceptors (Lipinski definition) is 3. The SMILES string of the molecule is CN(C)C(=O)O/N=C/c1ccccc1Br. The van der Waals surface area contributed by atoms with Crippen molar-refractivity contribution >= 4 is 28.2 Å². The molecule has 0 N–H and O–H groups in total. The quantitative estimate of drug-likeness (QED) is 0.471. The second-order valence-corrected chi connectivity index (χ2v) is 3.86. The molecule has 0 aliphatic carbocycles. The van der Waals surface area contributed by atoms with Crippen LogP contribution in [-0.2, 0) is 4.84 Å². The average Bonchev–Trinajstić information content (AvgIpc) is 2.20. The predicted octanol–water partition coefficient (Wildman–Crippen LogP) is 2.48. The van der Waals surface area contributed by atoms with Gasteiger partial charge in [0.1, 0.15) is 0 Å². The maximum absolute atomic E-state index is 11.0. The van der Waals surface area contributed by atoms with Crippen LogP contribution in [0.5, 0.6) is 0 Å². The Morgan fingerprint density at radius 2 is 2.13 bits per heavy atom. The Hall–Kier alpha value is -1.36. The van der Waals surface area contributed by atoms with Crippen LogP contribution < -0.4 is 0 Å². The van der Waals surface area contributed by atoms with Crippen LogP contribution >= 0.6 is 15.9 Å². The highest BCUT2D eigenvalue weighted by atomic mass is 79.9. The van der Waals surface area contributed by atoms with Crippen molar-refractivity contribution in [2.45, 2.75) is 0 Å². The molecule has 0 aromatic heterocycles. The number of rotatable bonds is 2. The minimum absolute atomic E-state index is 0.502. The van der Waals surface area contributed by atoms with E-state index in [-0.39, 0.29) is 0 Å². The molecule has 1 amide bonds. The first-order valence-electron chi connectivity index (χ1n) is 4.27. The highest BCUT2D eigenvalue weighted by Gasteiger charge is 2.02. The van der Waals surface area contributed by atoms with Crippen LogP contribution in [0.4, 0.5) is 4.79 Å². The fourth-order valence-corrected chi connectivity index (χ4v) is 1.18. The van der Waals surface area contributed by atoms with E-state index < -0.39 is 6.09 Å². The molecule has 1 aromatic rings. The summed E-state index contributed by atoms with van der Waals surface area (Å²) in [6.07, 6.45) is 0.976. The monoisotopic (exact) mass is 270 g/mol. The molecule has 5 heteroatoms. The van der Waals surface area contributed by atoms with Crippen LogP contribution in [0.1, 0.15) is 5.56 Å². The van der Waals surface area contributed by atoms with Crippen molar-refractivity contribution in [1.29, 1.82) is 0 Å². The van der Waals surface area contributed by atoms with Crippen molar-refractivity contribution in [2.75, 3.05) is 14.1 Å². The van der Waals surface area contributed by atoms with Crippen molar-refractivity contribution < 1.29 is 9.63 Å². The highest BCUT2D eigenvalue weighted by molar-refractivity contribution is 9.10. The molecular weight excluding hydrogens is 260 g/mol. The highest BCUT2D eigenvalue weighted by Crippen LogP contribution is 2.13. The van der Waals surface area contributed by atoms with Gasteiger partial charge in [-0.2, -0.15) is 0 Å². The number of benzene rings is 1. The van der Waals surface area contributed by atoms with E-state index in [9.17, 15) is 4.79 Å². The zero-order valence-electron chi connectivity index (χ0n) is 8.48. The van der Waals surface area contributed by atoms with Crippen molar-refractivity contribution in [1.82, 2.24) is 4.90 Å². The van der Waals surface area contributed by atoms with Gasteiger partial charge in [-0.05, 0) is 6.07 Å². The summed E-state index contributed by atoms with van der Waals surface area (Å²) in [5, 5.41) is 3.58. The molecule has 0 saturated heterocycles. The molecule has 0 fully saturated rings. The largest absolute Gasteiger partial charge is 0.435 e. The third-order valence-electron chi connectivity index (χ3n) is 1.59. The van der Waals surface area contributed by atoms with Gasteiger partial charge in [-0.1, -0.05) is 39.3 Å². The molecule has 15 heavy (non-hydrogen) atoms. The Kier molecular flexibility index (Phi) is 4.30. The molecule has 0 saturated carbocycles. The van der Waals surface area contributed by atoms with E-state index in [1.807, 2.05) is 24.3 Å². The number of hydrogen-bond donors (Lipinski definition) is 0. The number of oxime groups is 1. The third kappa shape index (κ3) is 3.71. The van der Waals surface area contributed by atoms with Crippen molar-refractivity contribution in [2.24, 2.45) is 5.16 Å². The van der Waals surface area contributed by atoms with Gasteiger partial charge in [0.15, 0.2) is 0 Å². The Balaban J connectivity index is 2.59. The molecule has 0 aliphatic heterocycles. The van der Waals surface area contributed by atoms with Gasteiger partial charge in [-0.15, -0.1) is 0 Å². The number of carbonyl (C=O) groups excluding carboxylic acids is 1. The van der Waals surface area contributed by atoms with Crippen molar-refractivity contribution in [3.63, 3.8) is 0 Å². The van der Waals surface area contributed by atoms with Crippen LogP contribution in [0.25, 0.3) is 0 Å². The van der Waals surface area contributed by atoms with Gasteiger partial charge in [-0.3, -0.25) is 4.84 Å². The molecule has 1 rings (SSSR count). The second kappa shape index (κ2) is 5.50. The number of nitrogens with zero attached hydrogens (tertiary/aromatic N) is 2. The molecule has 4 nitrogen and oxygen atoms in total. The molecule has 0 spiro atoms. The number of carbonyl (C=O) groups is 1. The summed E-state index contributed by atoms with van der Waals surface area (Å²) in [5.74, 6) is 0. The lowest BCUT2D eigenvalue weighted by molar-refractivity contribution is 0.123. The Bertz CT molecular complexity index is 377. The van der Waals surface area contributed by atoms with E-state index in [0.29, 0.717) is 0 Å². The smallest absolute Gasteiger partial charge is 0.312 e. The zero-order valence-corrected chi connectivity index (χ0v) is 10.1. The van der Waals surface area contributed by atoms with E-state index in [0.717, 1.165) is 10.0 Å². The maximum atomic E-state index is 11.0. The van der Waals surface area contributed by atoms with Crippen LogP contribution in [0.15, 0.2) is 33.9 Å².